The molecule has 0 saturated carbocycles. The van der Waals surface area contributed by atoms with Crippen LogP contribution in [0.15, 0.2) is 39.5 Å². The van der Waals surface area contributed by atoms with Crippen LogP contribution in [-0.2, 0) is 4.74 Å². The molecule has 3 heterocycles. The van der Waals surface area contributed by atoms with Gasteiger partial charge in [-0.3, -0.25) is 14.5 Å². The predicted octanol–water partition coefficient (Wildman–Crippen LogP) is 3.39. The highest BCUT2D eigenvalue weighted by atomic mass is 16.5. The van der Waals surface area contributed by atoms with E-state index in [2.05, 4.69) is 4.90 Å². The first-order valence-corrected chi connectivity index (χ1v) is 11.9. The maximum atomic E-state index is 13.8. The van der Waals surface area contributed by atoms with E-state index in [0.29, 0.717) is 41.9 Å². The number of carbonyl (C=O) groups excluding carboxylic acids is 1. The van der Waals surface area contributed by atoms with Gasteiger partial charge in [-0.05, 0) is 61.2 Å². The second-order valence-electron chi connectivity index (χ2n) is 9.25. The van der Waals surface area contributed by atoms with Crippen LogP contribution >= 0.6 is 0 Å². The van der Waals surface area contributed by atoms with Crippen LogP contribution < -0.4 is 10.2 Å². The van der Waals surface area contributed by atoms with Crippen LogP contribution in [0.1, 0.15) is 45.3 Å². The fourth-order valence-corrected chi connectivity index (χ4v) is 5.01. The van der Waals surface area contributed by atoms with Gasteiger partial charge in [-0.25, -0.2) is 0 Å². The molecule has 1 atom stereocenters. The molecule has 184 valence electrons. The number of ether oxygens (including phenoxy) is 2. The zero-order valence-electron chi connectivity index (χ0n) is 20.3. The molecule has 2 aliphatic heterocycles. The van der Waals surface area contributed by atoms with Crippen LogP contribution in [0.25, 0.3) is 11.0 Å². The van der Waals surface area contributed by atoms with Crippen LogP contribution in [0.4, 0.5) is 0 Å². The first-order valence-electron chi connectivity index (χ1n) is 11.9. The molecule has 1 fully saturated rings. The van der Waals surface area contributed by atoms with Gasteiger partial charge in [0.1, 0.15) is 5.58 Å². The molecule has 8 heteroatoms. The van der Waals surface area contributed by atoms with Gasteiger partial charge in [0.15, 0.2) is 16.9 Å². The second kappa shape index (κ2) is 9.36. The van der Waals surface area contributed by atoms with E-state index in [-0.39, 0.29) is 28.6 Å². The molecule has 2 aromatic carbocycles. The van der Waals surface area contributed by atoms with Crippen LogP contribution in [0.5, 0.6) is 11.5 Å². The summed E-state index contributed by atoms with van der Waals surface area (Å²) in [4.78, 5) is 31.4. The Morgan fingerprint density at radius 2 is 1.80 bits per heavy atom. The molecule has 0 unspecified atom stereocenters. The molecule has 0 spiro atoms. The Bertz CT molecular complexity index is 1340. The topological polar surface area (TPSA) is 92.5 Å². The summed E-state index contributed by atoms with van der Waals surface area (Å²) in [5, 5.41) is 10.6. The van der Waals surface area contributed by atoms with Gasteiger partial charge in [0.25, 0.3) is 5.91 Å². The second-order valence-corrected chi connectivity index (χ2v) is 9.25. The van der Waals surface area contributed by atoms with Crippen molar-refractivity contribution in [3.8, 4) is 11.5 Å². The van der Waals surface area contributed by atoms with Crippen molar-refractivity contribution in [3.63, 3.8) is 0 Å². The highest BCUT2D eigenvalue weighted by Gasteiger charge is 2.42. The van der Waals surface area contributed by atoms with Crippen molar-refractivity contribution < 1.29 is 23.8 Å². The summed E-state index contributed by atoms with van der Waals surface area (Å²) < 4.78 is 16.8. The molecule has 5 rings (SSSR count). The van der Waals surface area contributed by atoms with Gasteiger partial charge < -0.3 is 23.9 Å². The van der Waals surface area contributed by atoms with E-state index < -0.39 is 6.04 Å². The number of carbonyl (C=O) groups is 1. The number of phenols is 1. The lowest BCUT2D eigenvalue weighted by molar-refractivity contribution is 0.0353. The lowest BCUT2D eigenvalue weighted by atomic mass is 9.97. The van der Waals surface area contributed by atoms with E-state index >= 15 is 0 Å². The van der Waals surface area contributed by atoms with Gasteiger partial charge in [0.2, 0.25) is 5.76 Å². The minimum absolute atomic E-state index is 0.00342. The molecule has 35 heavy (non-hydrogen) atoms. The van der Waals surface area contributed by atoms with E-state index in [1.165, 1.54) is 13.2 Å². The number of morpholine rings is 1. The monoisotopic (exact) mass is 478 g/mol. The van der Waals surface area contributed by atoms with Gasteiger partial charge in [0.05, 0.1) is 37.3 Å². The lowest BCUT2D eigenvalue weighted by Gasteiger charge is -2.29. The van der Waals surface area contributed by atoms with Crippen LogP contribution in [0, 0.1) is 13.8 Å². The number of rotatable bonds is 6. The Morgan fingerprint density at radius 3 is 2.54 bits per heavy atom. The molecule has 8 nitrogen and oxygen atoms in total. The van der Waals surface area contributed by atoms with Gasteiger partial charge in [0, 0.05) is 26.2 Å². The van der Waals surface area contributed by atoms with Crippen LogP contribution in [-0.4, -0.2) is 67.3 Å². The summed E-state index contributed by atoms with van der Waals surface area (Å²) in [5.74, 6) is 0.0787. The number of methoxy groups -OCH3 is 1. The first kappa shape index (κ1) is 23.4. The van der Waals surface area contributed by atoms with Crippen LogP contribution in [0.2, 0.25) is 0 Å². The first-order chi connectivity index (χ1) is 16.9. The molecule has 1 N–H and O–H groups in total. The van der Waals surface area contributed by atoms with Gasteiger partial charge in [-0.15, -0.1) is 0 Å². The van der Waals surface area contributed by atoms with Crippen molar-refractivity contribution >= 4 is 16.9 Å². The van der Waals surface area contributed by atoms with Crippen molar-refractivity contribution in [3.05, 3.63) is 68.6 Å². The van der Waals surface area contributed by atoms with Gasteiger partial charge in [-0.1, -0.05) is 6.07 Å². The Labute approximate surface area is 203 Å². The zero-order chi connectivity index (χ0) is 24.7. The summed E-state index contributed by atoms with van der Waals surface area (Å²) in [7, 11) is 1.47. The molecule has 1 amide bonds. The van der Waals surface area contributed by atoms with Gasteiger partial charge >= 0.3 is 0 Å². The average molecular weight is 479 g/mol. The number of fused-ring (bicyclic) bond motifs is 2. The summed E-state index contributed by atoms with van der Waals surface area (Å²) in [6, 6.07) is 7.96. The van der Waals surface area contributed by atoms with Crippen molar-refractivity contribution in [1.29, 1.82) is 0 Å². The van der Waals surface area contributed by atoms with Crippen molar-refractivity contribution in [2.24, 2.45) is 0 Å². The molecule has 2 aliphatic rings. The van der Waals surface area contributed by atoms with Crippen molar-refractivity contribution in [1.82, 2.24) is 9.80 Å². The third-order valence-electron chi connectivity index (χ3n) is 7.08. The molecule has 3 aromatic rings. The Kier molecular flexibility index (Phi) is 6.25. The molecular weight excluding hydrogens is 448 g/mol. The number of amides is 1. The van der Waals surface area contributed by atoms with Gasteiger partial charge in [-0.2, -0.15) is 0 Å². The number of hydrogen-bond acceptors (Lipinski definition) is 7. The Balaban J connectivity index is 1.58. The zero-order valence-corrected chi connectivity index (χ0v) is 20.3. The third-order valence-corrected chi connectivity index (χ3v) is 7.08. The number of hydrogen-bond donors (Lipinski definition) is 1. The molecule has 0 aliphatic carbocycles. The summed E-state index contributed by atoms with van der Waals surface area (Å²) in [6.45, 7) is 8.37. The largest absolute Gasteiger partial charge is 0.504 e. The molecule has 0 bridgehead atoms. The SMILES string of the molecule is COc1cc([C@@H]2c3c(oc4cc(C)c(C)cc4c3=O)C(=O)N2CCCN2CCOCC2)ccc1O. The Morgan fingerprint density at radius 1 is 1.06 bits per heavy atom. The van der Waals surface area contributed by atoms with E-state index in [4.69, 9.17) is 13.9 Å². The standard InChI is InChI=1S/C27H30N2O6/c1-16-13-19-21(14-17(16)2)35-26-23(25(19)31)24(18-5-6-20(30)22(15-18)33-3)29(27(26)32)8-4-7-28-9-11-34-12-10-28/h5-6,13-15,24,30H,4,7-12H2,1-3H3/t24-/m1/s1. The quantitative estimate of drug-likeness (QED) is 0.581. The highest BCUT2D eigenvalue weighted by Crippen LogP contribution is 2.41. The number of phenolic OH excluding ortho intramolecular Hbond substituents is 1. The fraction of sp³-hybridized carbons (Fsp3) is 0.407. The lowest BCUT2D eigenvalue weighted by Crippen LogP contribution is -2.38. The highest BCUT2D eigenvalue weighted by molar-refractivity contribution is 5.99. The number of nitrogens with zero attached hydrogens (tertiary/aromatic N) is 2. The summed E-state index contributed by atoms with van der Waals surface area (Å²) in [6.07, 6.45) is 0.747. The number of benzene rings is 2. The van der Waals surface area contributed by atoms with Crippen molar-refractivity contribution in [2.45, 2.75) is 26.3 Å². The van der Waals surface area contributed by atoms with E-state index in [0.717, 1.165) is 37.2 Å². The summed E-state index contributed by atoms with van der Waals surface area (Å²) >= 11 is 0. The molecule has 0 radical (unpaired) electrons. The molecule has 1 aromatic heterocycles. The minimum atomic E-state index is -0.626. The van der Waals surface area contributed by atoms with E-state index in [1.807, 2.05) is 26.0 Å². The number of aryl methyl sites for hydroxylation is 2. The molecular formula is C27H30N2O6. The average Bonchev–Trinajstić information content (AvgIpc) is 3.13. The fourth-order valence-electron chi connectivity index (χ4n) is 5.01. The van der Waals surface area contributed by atoms with Crippen molar-refractivity contribution in [2.75, 3.05) is 46.5 Å². The smallest absolute Gasteiger partial charge is 0.290 e. The number of aromatic hydroxyl groups is 1. The maximum Gasteiger partial charge on any atom is 0.290 e. The summed E-state index contributed by atoms with van der Waals surface area (Å²) in [5.41, 5.74) is 3.22. The van der Waals surface area contributed by atoms with E-state index in [1.54, 1.807) is 17.0 Å². The Hall–Kier alpha value is -3.36. The maximum absolute atomic E-state index is 13.8. The third kappa shape index (κ3) is 4.17. The van der Waals surface area contributed by atoms with E-state index in [9.17, 15) is 14.7 Å². The normalized spacial score (nSPS) is 18.3. The predicted molar refractivity (Wildman–Crippen MR) is 131 cm³/mol. The van der Waals surface area contributed by atoms with Crippen LogP contribution in [0.3, 0.4) is 0 Å². The minimum Gasteiger partial charge on any atom is -0.504 e. The molecule has 1 saturated heterocycles.